The highest BCUT2D eigenvalue weighted by atomic mass is 35.5. The summed E-state index contributed by atoms with van der Waals surface area (Å²) in [6, 6.07) is 1.84. The lowest BCUT2D eigenvalue weighted by atomic mass is 10.2. The van der Waals surface area contributed by atoms with E-state index in [-0.39, 0.29) is 12.1 Å². The van der Waals surface area contributed by atoms with Gasteiger partial charge in [0, 0.05) is 13.2 Å². The van der Waals surface area contributed by atoms with Crippen LogP contribution in [0.5, 0.6) is 0 Å². The first-order valence-corrected chi connectivity index (χ1v) is 6.93. The molecule has 0 bridgehead atoms. The van der Waals surface area contributed by atoms with Gasteiger partial charge in [-0.3, -0.25) is 9.63 Å². The summed E-state index contributed by atoms with van der Waals surface area (Å²) >= 11 is 6.03. The fourth-order valence-corrected chi connectivity index (χ4v) is 2.66. The molecule has 8 heteroatoms. The molecule has 112 valence electrons. The van der Waals surface area contributed by atoms with Gasteiger partial charge in [0.1, 0.15) is 29.5 Å². The standard InChI is InChI=1S/C13H15ClN4O3/c1-17(20-2)13(19)9-3-4-10(21-9)18-6-5-8-11(14)15-7-16-12(8)18/h5-7,9-10H,3-4H2,1-2H3. The summed E-state index contributed by atoms with van der Waals surface area (Å²) < 4.78 is 7.70. The Morgan fingerprint density at radius 2 is 2.33 bits per heavy atom. The summed E-state index contributed by atoms with van der Waals surface area (Å²) in [4.78, 5) is 25.1. The molecule has 1 aliphatic heterocycles. The van der Waals surface area contributed by atoms with E-state index in [0.29, 0.717) is 17.2 Å². The average Bonchev–Trinajstić information content (AvgIpc) is 3.12. The first kappa shape index (κ1) is 14.2. The number of hydroxylamine groups is 2. The Bertz CT molecular complexity index is 674. The number of nitrogens with zero attached hydrogens (tertiary/aromatic N) is 4. The topological polar surface area (TPSA) is 69.5 Å². The third-order valence-corrected chi connectivity index (χ3v) is 3.93. The minimum atomic E-state index is -0.505. The van der Waals surface area contributed by atoms with E-state index in [0.717, 1.165) is 11.8 Å². The predicted molar refractivity (Wildman–Crippen MR) is 75.5 cm³/mol. The zero-order valence-electron chi connectivity index (χ0n) is 11.7. The van der Waals surface area contributed by atoms with Crippen molar-refractivity contribution in [1.29, 1.82) is 0 Å². The van der Waals surface area contributed by atoms with E-state index in [2.05, 4.69) is 9.97 Å². The van der Waals surface area contributed by atoms with Crippen LogP contribution in [0.25, 0.3) is 11.0 Å². The van der Waals surface area contributed by atoms with Gasteiger partial charge in [0.05, 0.1) is 12.5 Å². The van der Waals surface area contributed by atoms with E-state index in [1.807, 2.05) is 16.8 Å². The molecule has 1 fully saturated rings. The van der Waals surface area contributed by atoms with E-state index in [1.54, 1.807) is 7.05 Å². The number of halogens is 1. The maximum atomic E-state index is 12.0. The molecule has 3 rings (SSSR count). The van der Waals surface area contributed by atoms with Crippen LogP contribution in [0.4, 0.5) is 0 Å². The van der Waals surface area contributed by atoms with E-state index in [1.165, 1.54) is 18.5 Å². The highest BCUT2D eigenvalue weighted by molar-refractivity contribution is 6.33. The molecule has 0 aliphatic carbocycles. The highest BCUT2D eigenvalue weighted by Gasteiger charge is 2.34. The molecular weight excluding hydrogens is 296 g/mol. The van der Waals surface area contributed by atoms with Crippen LogP contribution in [-0.4, -0.2) is 45.8 Å². The molecular formula is C13H15ClN4O3. The smallest absolute Gasteiger partial charge is 0.275 e. The maximum Gasteiger partial charge on any atom is 0.275 e. The Morgan fingerprint density at radius 1 is 1.52 bits per heavy atom. The van der Waals surface area contributed by atoms with Crippen molar-refractivity contribution in [1.82, 2.24) is 19.6 Å². The maximum absolute atomic E-state index is 12.0. The first-order valence-electron chi connectivity index (χ1n) is 6.56. The van der Waals surface area contributed by atoms with Crippen LogP contribution in [0.15, 0.2) is 18.6 Å². The van der Waals surface area contributed by atoms with Crippen molar-refractivity contribution in [2.24, 2.45) is 0 Å². The zero-order valence-corrected chi connectivity index (χ0v) is 12.4. The van der Waals surface area contributed by atoms with Crippen molar-refractivity contribution in [3.63, 3.8) is 0 Å². The normalized spacial score (nSPS) is 21.9. The van der Waals surface area contributed by atoms with E-state index in [4.69, 9.17) is 21.2 Å². The van der Waals surface area contributed by atoms with Gasteiger partial charge in [0.15, 0.2) is 0 Å². The Labute approximate surface area is 126 Å². The molecule has 1 saturated heterocycles. The molecule has 2 unspecified atom stereocenters. The van der Waals surface area contributed by atoms with E-state index >= 15 is 0 Å². The van der Waals surface area contributed by atoms with Crippen LogP contribution in [0.1, 0.15) is 19.1 Å². The average molecular weight is 311 g/mol. The van der Waals surface area contributed by atoms with Gasteiger partial charge < -0.3 is 9.30 Å². The third-order valence-electron chi connectivity index (χ3n) is 3.63. The van der Waals surface area contributed by atoms with Crippen LogP contribution >= 0.6 is 11.6 Å². The van der Waals surface area contributed by atoms with Crippen molar-refractivity contribution in [2.75, 3.05) is 14.2 Å². The third kappa shape index (κ3) is 2.48. The van der Waals surface area contributed by atoms with Crippen LogP contribution in [0.3, 0.4) is 0 Å². The molecule has 0 aromatic carbocycles. The highest BCUT2D eigenvalue weighted by Crippen LogP contribution is 2.32. The monoisotopic (exact) mass is 310 g/mol. The van der Waals surface area contributed by atoms with Crippen molar-refractivity contribution < 1.29 is 14.4 Å². The van der Waals surface area contributed by atoms with Crippen LogP contribution in [-0.2, 0) is 14.4 Å². The number of ether oxygens (including phenoxy) is 1. The van der Waals surface area contributed by atoms with Gasteiger partial charge in [-0.25, -0.2) is 15.0 Å². The van der Waals surface area contributed by atoms with E-state index in [9.17, 15) is 4.79 Å². The number of hydrogen-bond acceptors (Lipinski definition) is 5. The van der Waals surface area contributed by atoms with Gasteiger partial charge in [0.25, 0.3) is 5.91 Å². The Balaban J connectivity index is 1.82. The summed E-state index contributed by atoms with van der Waals surface area (Å²) in [5.74, 6) is -0.191. The molecule has 1 aliphatic rings. The number of amides is 1. The van der Waals surface area contributed by atoms with Gasteiger partial charge in [-0.05, 0) is 18.9 Å². The Morgan fingerprint density at radius 3 is 3.10 bits per heavy atom. The van der Waals surface area contributed by atoms with E-state index < -0.39 is 6.10 Å². The first-order chi connectivity index (χ1) is 10.1. The van der Waals surface area contributed by atoms with Crippen molar-refractivity contribution >= 4 is 28.5 Å². The molecule has 21 heavy (non-hydrogen) atoms. The summed E-state index contributed by atoms with van der Waals surface area (Å²) in [7, 11) is 3.01. The Kier molecular flexibility index (Phi) is 3.79. The molecule has 7 nitrogen and oxygen atoms in total. The number of rotatable bonds is 3. The number of carbonyl (C=O) groups excluding carboxylic acids is 1. The lowest BCUT2D eigenvalue weighted by Gasteiger charge is -2.19. The van der Waals surface area contributed by atoms with Gasteiger partial charge in [-0.15, -0.1) is 0 Å². The fraction of sp³-hybridized carbons (Fsp3) is 0.462. The lowest BCUT2D eigenvalue weighted by molar-refractivity contribution is -0.181. The number of aromatic nitrogens is 3. The summed E-state index contributed by atoms with van der Waals surface area (Å²) in [6.45, 7) is 0. The molecule has 2 aromatic heterocycles. The minimum Gasteiger partial charge on any atom is -0.345 e. The summed E-state index contributed by atoms with van der Waals surface area (Å²) in [5.41, 5.74) is 0.702. The second-order valence-electron chi connectivity index (χ2n) is 4.80. The molecule has 0 radical (unpaired) electrons. The van der Waals surface area contributed by atoms with Gasteiger partial charge in [0.2, 0.25) is 0 Å². The SMILES string of the molecule is CON(C)C(=O)C1CCC(n2ccc3c(Cl)ncnc32)O1. The van der Waals surface area contributed by atoms with Crippen LogP contribution in [0.2, 0.25) is 5.15 Å². The van der Waals surface area contributed by atoms with Crippen molar-refractivity contribution in [3.05, 3.63) is 23.7 Å². The van der Waals surface area contributed by atoms with Gasteiger partial charge in [-0.1, -0.05) is 11.6 Å². The zero-order chi connectivity index (χ0) is 15.0. The molecule has 2 atom stereocenters. The second-order valence-corrected chi connectivity index (χ2v) is 5.16. The van der Waals surface area contributed by atoms with Crippen molar-refractivity contribution in [3.8, 4) is 0 Å². The van der Waals surface area contributed by atoms with Gasteiger partial charge in [-0.2, -0.15) is 0 Å². The number of hydrogen-bond donors (Lipinski definition) is 0. The molecule has 0 N–H and O–H groups in total. The molecule has 0 saturated carbocycles. The molecule has 1 amide bonds. The minimum absolute atomic E-state index is 0.191. The lowest BCUT2D eigenvalue weighted by Crippen LogP contribution is -2.35. The largest absolute Gasteiger partial charge is 0.345 e. The quantitative estimate of drug-likeness (QED) is 0.638. The summed E-state index contributed by atoms with van der Waals surface area (Å²) in [6.07, 6.45) is 3.87. The molecule has 0 spiro atoms. The summed E-state index contributed by atoms with van der Waals surface area (Å²) in [5, 5.41) is 2.36. The number of likely N-dealkylation sites (N-methyl/N-ethyl adjacent to an activating group) is 1. The van der Waals surface area contributed by atoms with Crippen LogP contribution < -0.4 is 0 Å². The Hall–Kier alpha value is -1.70. The molecule has 2 aromatic rings. The fourth-order valence-electron chi connectivity index (χ4n) is 2.47. The number of carbonyl (C=O) groups is 1. The van der Waals surface area contributed by atoms with Crippen molar-refractivity contribution in [2.45, 2.75) is 25.2 Å². The number of fused-ring (bicyclic) bond motifs is 1. The van der Waals surface area contributed by atoms with Gasteiger partial charge >= 0.3 is 0 Å². The molecule has 3 heterocycles. The van der Waals surface area contributed by atoms with Crippen LogP contribution in [0, 0.1) is 0 Å². The second kappa shape index (κ2) is 5.59. The predicted octanol–water partition coefficient (Wildman–Crippen LogP) is 1.78.